The zero-order valence-corrected chi connectivity index (χ0v) is 12.8. The summed E-state index contributed by atoms with van der Waals surface area (Å²) in [5.41, 5.74) is 6.42. The van der Waals surface area contributed by atoms with Crippen molar-refractivity contribution in [3.8, 4) is 0 Å². The largest absolute Gasteiger partial charge is 0.383 e. The van der Waals surface area contributed by atoms with Crippen molar-refractivity contribution in [1.82, 2.24) is 4.90 Å². The minimum absolute atomic E-state index is 0.100. The lowest BCUT2D eigenvalue weighted by atomic mass is 9.86. The predicted octanol–water partition coefficient (Wildman–Crippen LogP) is 2.04. The first kappa shape index (κ1) is 16.7. The fraction of sp³-hybridized carbons (Fsp3) is 0.562. The number of methoxy groups -OCH3 is 1. The molecule has 0 fully saturated rings. The number of ether oxygens (including phenoxy) is 1. The molecule has 4 nitrogen and oxygen atoms in total. The third-order valence-corrected chi connectivity index (χ3v) is 3.82. The lowest BCUT2D eigenvalue weighted by Gasteiger charge is -2.33. The number of carbonyl (C=O) groups excluding carboxylic acids is 1. The summed E-state index contributed by atoms with van der Waals surface area (Å²) < 4.78 is 5.11. The van der Waals surface area contributed by atoms with E-state index in [9.17, 15) is 4.79 Å². The summed E-state index contributed by atoms with van der Waals surface area (Å²) >= 11 is 0. The maximum Gasteiger partial charge on any atom is 0.230 e. The Kier molecular flexibility index (Phi) is 6.68. The van der Waals surface area contributed by atoms with Gasteiger partial charge >= 0.3 is 0 Å². The van der Waals surface area contributed by atoms with Gasteiger partial charge < -0.3 is 15.4 Å². The summed E-state index contributed by atoms with van der Waals surface area (Å²) in [6.07, 6.45) is 0.737. The Morgan fingerprint density at radius 3 is 2.50 bits per heavy atom. The quantitative estimate of drug-likeness (QED) is 0.791. The lowest BCUT2D eigenvalue weighted by molar-refractivity contribution is -0.142. The molecule has 1 aromatic rings. The normalized spacial score (nSPS) is 13.8. The number of benzene rings is 1. The second kappa shape index (κ2) is 8.02. The van der Waals surface area contributed by atoms with Crippen LogP contribution in [0.15, 0.2) is 30.3 Å². The van der Waals surface area contributed by atoms with Crippen molar-refractivity contribution < 1.29 is 9.53 Å². The number of nitrogens with zero attached hydrogens (tertiary/aromatic N) is 1. The zero-order valence-electron chi connectivity index (χ0n) is 12.8. The van der Waals surface area contributed by atoms with Gasteiger partial charge in [0.2, 0.25) is 5.91 Å². The van der Waals surface area contributed by atoms with E-state index < -0.39 is 5.41 Å². The highest BCUT2D eigenvalue weighted by molar-refractivity contribution is 5.82. The Balaban J connectivity index is 2.85. The molecular formula is C16H26N2O2. The maximum atomic E-state index is 12.7. The Bertz CT molecular complexity index is 402. The number of hydrogen-bond donors (Lipinski definition) is 1. The molecule has 0 heterocycles. The van der Waals surface area contributed by atoms with E-state index in [-0.39, 0.29) is 5.91 Å². The number of carbonyl (C=O) groups is 1. The molecule has 0 bridgehead atoms. The number of hydrogen-bond acceptors (Lipinski definition) is 3. The van der Waals surface area contributed by atoms with Gasteiger partial charge in [0.25, 0.3) is 0 Å². The highest BCUT2D eigenvalue weighted by atomic mass is 16.5. The highest BCUT2D eigenvalue weighted by Crippen LogP contribution is 2.23. The van der Waals surface area contributed by atoms with Crippen molar-refractivity contribution in [3.63, 3.8) is 0 Å². The van der Waals surface area contributed by atoms with Crippen molar-refractivity contribution in [2.45, 2.75) is 26.8 Å². The van der Waals surface area contributed by atoms with Gasteiger partial charge in [0, 0.05) is 26.7 Å². The van der Waals surface area contributed by atoms with Crippen LogP contribution in [0.4, 0.5) is 0 Å². The molecule has 0 aliphatic carbocycles. The van der Waals surface area contributed by atoms with Crippen molar-refractivity contribution in [2.75, 3.05) is 26.8 Å². The molecule has 1 rings (SSSR count). The summed E-state index contributed by atoms with van der Waals surface area (Å²) in [6, 6.07) is 9.99. The van der Waals surface area contributed by atoms with Gasteiger partial charge in [-0.25, -0.2) is 0 Å². The van der Waals surface area contributed by atoms with E-state index >= 15 is 0 Å². The molecule has 0 aromatic heterocycles. The minimum Gasteiger partial charge on any atom is -0.383 e. The van der Waals surface area contributed by atoms with Crippen LogP contribution in [0, 0.1) is 5.41 Å². The average Bonchev–Trinajstić information content (AvgIpc) is 2.50. The Morgan fingerprint density at radius 1 is 1.35 bits per heavy atom. The van der Waals surface area contributed by atoms with E-state index in [2.05, 4.69) is 0 Å². The zero-order chi connectivity index (χ0) is 15.0. The summed E-state index contributed by atoms with van der Waals surface area (Å²) in [5.74, 6) is 0.100. The van der Waals surface area contributed by atoms with Gasteiger partial charge in [-0.1, -0.05) is 37.3 Å². The molecule has 2 N–H and O–H groups in total. The second-order valence-electron chi connectivity index (χ2n) is 5.32. The van der Waals surface area contributed by atoms with Crippen LogP contribution in [0.2, 0.25) is 0 Å². The molecule has 0 saturated carbocycles. The fourth-order valence-electron chi connectivity index (χ4n) is 2.02. The van der Waals surface area contributed by atoms with Gasteiger partial charge in [0.1, 0.15) is 0 Å². The molecule has 0 spiro atoms. The van der Waals surface area contributed by atoms with Crippen LogP contribution in [0.25, 0.3) is 0 Å². The van der Waals surface area contributed by atoms with Gasteiger partial charge in [0.15, 0.2) is 0 Å². The van der Waals surface area contributed by atoms with Crippen LogP contribution < -0.4 is 5.73 Å². The predicted molar refractivity (Wildman–Crippen MR) is 81.2 cm³/mol. The molecule has 4 heteroatoms. The summed E-state index contributed by atoms with van der Waals surface area (Å²) in [5, 5.41) is 0. The number of nitrogens with two attached hydrogens (primary N) is 1. The van der Waals surface area contributed by atoms with Crippen LogP contribution >= 0.6 is 0 Å². The SMILES string of the molecule is CCC(C)(CN)C(=O)N(CCOC)Cc1ccccc1. The summed E-state index contributed by atoms with van der Waals surface area (Å²) in [6.45, 7) is 6.00. The van der Waals surface area contributed by atoms with Crippen molar-refractivity contribution >= 4 is 5.91 Å². The molecular weight excluding hydrogens is 252 g/mol. The third kappa shape index (κ3) is 4.32. The molecule has 112 valence electrons. The molecule has 1 unspecified atom stereocenters. The van der Waals surface area contributed by atoms with E-state index in [1.807, 2.05) is 49.1 Å². The van der Waals surface area contributed by atoms with Gasteiger partial charge in [-0.05, 0) is 18.9 Å². The van der Waals surface area contributed by atoms with Gasteiger partial charge in [-0.3, -0.25) is 4.79 Å². The first-order chi connectivity index (χ1) is 9.57. The minimum atomic E-state index is -0.497. The van der Waals surface area contributed by atoms with Crippen molar-refractivity contribution in [1.29, 1.82) is 0 Å². The van der Waals surface area contributed by atoms with Crippen LogP contribution in [-0.2, 0) is 16.1 Å². The van der Waals surface area contributed by atoms with E-state index in [4.69, 9.17) is 10.5 Å². The smallest absolute Gasteiger partial charge is 0.230 e. The van der Waals surface area contributed by atoms with Crippen LogP contribution in [0.5, 0.6) is 0 Å². The van der Waals surface area contributed by atoms with E-state index in [1.165, 1.54) is 0 Å². The van der Waals surface area contributed by atoms with Gasteiger partial charge in [0.05, 0.1) is 12.0 Å². The van der Waals surface area contributed by atoms with E-state index in [0.29, 0.717) is 26.2 Å². The topological polar surface area (TPSA) is 55.6 Å². The molecule has 1 aromatic carbocycles. The molecule has 1 atom stereocenters. The third-order valence-electron chi connectivity index (χ3n) is 3.82. The Hall–Kier alpha value is -1.39. The average molecular weight is 278 g/mol. The molecule has 0 aliphatic heterocycles. The van der Waals surface area contributed by atoms with Crippen molar-refractivity contribution in [3.05, 3.63) is 35.9 Å². The van der Waals surface area contributed by atoms with Gasteiger partial charge in [-0.2, -0.15) is 0 Å². The van der Waals surface area contributed by atoms with Crippen LogP contribution in [-0.4, -0.2) is 37.6 Å². The maximum absolute atomic E-state index is 12.7. The van der Waals surface area contributed by atoms with Crippen LogP contribution in [0.1, 0.15) is 25.8 Å². The van der Waals surface area contributed by atoms with Crippen molar-refractivity contribution in [2.24, 2.45) is 11.1 Å². The number of rotatable bonds is 8. The Labute approximate surface area is 121 Å². The highest BCUT2D eigenvalue weighted by Gasteiger charge is 2.33. The molecule has 0 radical (unpaired) electrons. The summed E-state index contributed by atoms with van der Waals surface area (Å²) in [4.78, 5) is 14.6. The number of amides is 1. The molecule has 1 amide bonds. The first-order valence-corrected chi connectivity index (χ1v) is 7.09. The first-order valence-electron chi connectivity index (χ1n) is 7.09. The molecule has 0 aliphatic rings. The van der Waals surface area contributed by atoms with Gasteiger partial charge in [-0.15, -0.1) is 0 Å². The lowest BCUT2D eigenvalue weighted by Crippen LogP contribution is -2.46. The Morgan fingerprint density at radius 2 is 2.00 bits per heavy atom. The summed E-state index contributed by atoms with van der Waals surface area (Å²) in [7, 11) is 1.65. The van der Waals surface area contributed by atoms with E-state index in [0.717, 1.165) is 12.0 Å². The molecule has 0 saturated heterocycles. The second-order valence-corrected chi connectivity index (χ2v) is 5.32. The fourth-order valence-corrected chi connectivity index (χ4v) is 2.02. The molecule has 20 heavy (non-hydrogen) atoms. The monoisotopic (exact) mass is 278 g/mol. The standard InChI is InChI=1S/C16H26N2O2/c1-4-16(2,13-17)15(19)18(10-11-20-3)12-14-8-6-5-7-9-14/h5-9H,4,10-13,17H2,1-3H3. The van der Waals surface area contributed by atoms with Crippen LogP contribution in [0.3, 0.4) is 0 Å². The van der Waals surface area contributed by atoms with E-state index in [1.54, 1.807) is 7.11 Å².